The van der Waals surface area contributed by atoms with Gasteiger partial charge in [0.05, 0.1) is 24.1 Å². The van der Waals surface area contributed by atoms with Crippen molar-refractivity contribution >= 4 is 35.1 Å². The number of nitrogens with zero attached hydrogens (tertiary/aromatic N) is 2. The highest BCUT2D eigenvalue weighted by Gasteiger charge is 2.71. The van der Waals surface area contributed by atoms with E-state index in [9.17, 15) is 19.2 Å². The van der Waals surface area contributed by atoms with E-state index < -0.39 is 41.2 Å². The Morgan fingerprint density at radius 2 is 1.72 bits per heavy atom. The molecule has 5 rings (SSSR count). The molecule has 164 valence electrons. The molecule has 3 aliphatic rings. The lowest BCUT2D eigenvalue weighted by Gasteiger charge is -2.30. The Balaban J connectivity index is 1.62. The lowest BCUT2D eigenvalue weighted by molar-refractivity contribution is -0.142. The first-order valence-corrected chi connectivity index (χ1v) is 10.7. The number of amides is 3. The summed E-state index contributed by atoms with van der Waals surface area (Å²) in [5.41, 5.74) is 0.221. The highest BCUT2D eigenvalue weighted by Crippen LogP contribution is 2.54. The Kier molecular flexibility index (Phi) is 4.63. The van der Waals surface area contributed by atoms with Gasteiger partial charge in [0.1, 0.15) is 12.1 Å². The second-order valence-corrected chi connectivity index (χ2v) is 8.31. The number of imide groups is 1. The van der Waals surface area contributed by atoms with Gasteiger partial charge in [-0.3, -0.25) is 29.4 Å². The van der Waals surface area contributed by atoms with E-state index in [0.717, 1.165) is 0 Å². The van der Waals surface area contributed by atoms with Crippen LogP contribution in [0.1, 0.15) is 19.4 Å². The average molecular weight is 433 g/mol. The van der Waals surface area contributed by atoms with Crippen LogP contribution in [0.3, 0.4) is 0 Å². The van der Waals surface area contributed by atoms with Crippen LogP contribution in [-0.2, 0) is 29.5 Å². The quantitative estimate of drug-likeness (QED) is 0.581. The predicted octanol–water partition coefficient (Wildman–Crippen LogP) is 1.59. The summed E-state index contributed by atoms with van der Waals surface area (Å²) < 4.78 is 5.06. The van der Waals surface area contributed by atoms with Gasteiger partial charge in [0, 0.05) is 17.3 Å². The molecule has 1 N–H and O–H groups in total. The molecule has 0 aliphatic carbocycles. The number of fused-ring (bicyclic) bond motifs is 4. The van der Waals surface area contributed by atoms with Gasteiger partial charge >= 0.3 is 5.97 Å². The number of hydrogen-bond donors (Lipinski definition) is 1. The molecule has 2 aromatic carbocycles. The van der Waals surface area contributed by atoms with Crippen molar-refractivity contribution in [2.45, 2.75) is 25.4 Å². The van der Waals surface area contributed by atoms with Crippen molar-refractivity contribution in [3.05, 3.63) is 60.2 Å². The Morgan fingerprint density at radius 1 is 1.03 bits per heavy atom. The van der Waals surface area contributed by atoms with Gasteiger partial charge in [0.2, 0.25) is 11.8 Å². The van der Waals surface area contributed by atoms with Gasteiger partial charge in [-0.15, -0.1) is 0 Å². The van der Waals surface area contributed by atoms with Crippen LogP contribution >= 0.6 is 0 Å². The average Bonchev–Trinajstić information content (AvgIpc) is 3.33. The van der Waals surface area contributed by atoms with Crippen LogP contribution in [-0.4, -0.2) is 42.9 Å². The van der Waals surface area contributed by atoms with Crippen LogP contribution in [0.15, 0.2) is 54.6 Å². The van der Waals surface area contributed by atoms with E-state index in [1.54, 1.807) is 55.5 Å². The van der Waals surface area contributed by atoms with Gasteiger partial charge in [-0.1, -0.05) is 36.4 Å². The number of ether oxygens (including phenoxy) is 1. The van der Waals surface area contributed by atoms with Crippen molar-refractivity contribution < 1.29 is 23.9 Å². The van der Waals surface area contributed by atoms with Crippen LogP contribution in [0.5, 0.6) is 0 Å². The minimum atomic E-state index is -1.41. The second-order valence-electron chi connectivity index (χ2n) is 8.31. The number of benzene rings is 2. The van der Waals surface area contributed by atoms with E-state index >= 15 is 0 Å². The molecule has 4 atom stereocenters. The molecule has 0 saturated carbocycles. The Morgan fingerprint density at radius 3 is 2.44 bits per heavy atom. The first kappa shape index (κ1) is 20.4. The number of carbonyl (C=O) groups excluding carboxylic acids is 4. The Labute approximate surface area is 185 Å². The molecule has 0 unspecified atom stereocenters. The molecular weight excluding hydrogens is 410 g/mol. The first-order valence-electron chi connectivity index (χ1n) is 10.7. The third-order valence-corrected chi connectivity index (χ3v) is 6.62. The van der Waals surface area contributed by atoms with E-state index in [1.807, 2.05) is 13.0 Å². The lowest BCUT2D eigenvalue weighted by atomic mass is 9.76. The van der Waals surface area contributed by atoms with Crippen molar-refractivity contribution in [2.24, 2.45) is 11.8 Å². The van der Waals surface area contributed by atoms with Crippen LogP contribution in [0, 0.1) is 11.8 Å². The number of nitrogens with one attached hydrogen (secondary N) is 1. The van der Waals surface area contributed by atoms with Gasteiger partial charge in [-0.05, 0) is 32.0 Å². The maximum Gasteiger partial charge on any atom is 0.326 e. The molecule has 32 heavy (non-hydrogen) atoms. The molecule has 0 aromatic heterocycles. The van der Waals surface area contributed by atoms with E-state index in [1.165, 1.54) is 9.80 Å². The first-order chi connectivity index (χ1) is 15.4. The number of hydrogen-bond acceptors (Lipinski definition) is 6. The number of esters is 1. The lowest BCUT2D eigenvalue weighted by Crippen LogP contribution is -2.55. The van der Waals surface area contributed by atoms with E-state index in [-0.39, 0.29) is 19.1 Å². The summed E-state index contributed by atoms with van der Waals surface area (Å²) in [5, 5.41) is 3.29. The fraction of sp³-hybridized carbons (Fsp3) is 0.333. The molecule has 8 nitrogen and oxygen atoms in total. The van der Waals surface area contributed by atoms with Gasteiger partial charge in [-0.25, -0.2) is 4.90 Å². The molecule has 2 saturated heterocycles. The van der Waals surface area contributed by atoms with Crippen LogP contribution in [0.4, 0.5) is 11.4 Å². The maximum absolute atomic E-state index is 13.9. The van der Waals surface area contributed by atoms with Crippen LogP contribution in [0.2, 0.25) is 0 Å². The molecule has 2 aromatic rings. The molecule has 0 bridgehead atoms. The maximum atomic E-state index is 13.9. The summed E-state index contributed by atoms with van der Waals surface area (Å²) in [6.07, 6.45) is 0. The summed E-state index contributed by atoms with van der Waals surface area (Å²) in [6, 6.07) is 15.4. The fourth-order valence-electron chi connectivity index (χ4n) is 5.43. The second kappa shape index (κ2) is 7.27. The Hall–Kier alpha value is -3.52. The number of anilines is 2. The fourth-order valence-corrected chi connectivity index (χ4v) is 5.43. The van der Waals surface area contributed by atoms with E-state index in [0.29, 0.717) is 16.9 Å². The number of rotatable bonds is 4. The van der Waals surface area contributed by atoms with Gasteiger partial charge in [0.15, 0.2) is 0 Å². The van der Waals surface area contributed by atoms with Crippen molar-refractivity contribution in [3.63, 3.8) is 0 Å². The van der Waals surface area contributed by atoms with Crippen molar-refractivity contribution in [1.29, 1.82) is 0 Å². The van der Waals surface area contributed by atoms with Gasteiger partial charge in [0.25, 0.3) is 5.91 Å². The third-order valence-electron chi connectivity index (χ3n) is 6.62. The van der Waals surface area contributed by atoms with Crippen molar-refractivity contribution in [2.75, 3.05) is 23.0 Å². The minimum absolute atomic E-state index is 0.201. The highest BCUT2D eigenvalue weighted by molar-refractivity contribution is 6.26. The van der Waals surface area contributed by atoms with E-state index in [2.05, 4.69) is 5.32 Å². The summed E-state index contributed by atoms with van der Waals surface area (Å²) in [7, 11) is 0. The normalized spacial score (nSPS) is 28.4. The molecule has 0 radical (unpaired) electrons. The minimum Gasteiger partial charge on any atom is -0.465 e. The van der Waals surface area contributed by atoms with Gasteiger partial charge < -0.3 is 4.74 Å². The largest absolute Gasteiger partial charge is 0.465 e. The monoisotopic (exact) mass is 433 g/mol. The number of carbonyl (C=O) groups is 4. The zero-order chi connectivity index (χ0) is 22.6. The number of para-hydroxylation sites is 2. The zero-order valence-corrected chi connectivity index (χ0v) is 17.8. The zero-order valence-electron chi connectivity index (χ0n) is 17.8. The van der Waals surface area contributed by atoms with Crippen molar-refractivity contribution in [3.8, 4) is 0 Å². The Bertz CT molecular complexity index is 1130. The van der Waals surface area contributed by atoms with Crippen LogP contribution in [0.25, 0.3) is 0 Å². The molecule has 3 heterocycles. The summed E-state index contributed by atoms with van der Waals surface area (Å²) in [5.74, 6) is -3.29. The van der Waals surface area contributed by atoms with Gasteiger partial charge in [-0.2, -0.15) is 0 Å². The molecule has 2 fully saturated rings. The summed E-state index contributed by atoms with van der Waals surface area (Å²) in [6.45, 7) is 3.46. The SMILES string of the molecule is CCOC(=O)CN1C(=O)[C@@]2(N[C@@H](C)[C@H]3C(=O)N(c4ccccc4)C(=O)[C@H]32)c2ccccc21. The van der Waals surface area contributed by atoms with Crippen molar-refractivity contribution in [1.82, 2.24) is 5.32 Å². The van der Waals surface area contributed by atoms with E-state index in [4.69, 9.17) is 4.74 Å². The molecule has 8 heteroatoms. The van der Waals surface area contributed by atoms with Crippen LogP contribution < -0.4 is 15.1 Å². The summed E-state index contributed by atoms with van der Waals surface area (Å²) >= 11 is 0. The predicted molar refractivity (Wildman–Crippen MR) is 116 cm³/mol. The highest BCUT2D eigenvalue weighted by atomic mass is 16.5. The molecule has 3 amide bonds. The topological polar surface area (TPSA) is 96.0 Å². The molecular formula is C24H23N3O5. The molecule has 3 aliphatic heterocycles. The summed E-state index contributed by atoms with van der Waals surface area (Å²) in [4.78, 5) is 55.7. The standard InChI is InChI=1S/C24H23N3O5/c1-3-32-18(28)13-26-17-12-8-7-11-16(17)24(23(26)31)20-19(14(2)25-24)21(29)27(22(20)30)15-9-5-4-6-10-15/h4-12,14,19-20,25H,3,13H2,1-2H3/t14-,19+,20-,24+/m0/s1. The smallest absolute Gasteiger partial charge is 0.326 e. The molecule has 1 spiro atoms. The third kappa shape index (κ3) is 2.59.